The Morgan fingerprint density at radius 1 is 1.26 bits per heavy atom. The molecule has 1 aliphatic rings. The summed E-state index contributed by atoms with van der Waals surface area (Å²) in [6.45, 7) is 5.63. The molecule has 7 heteroatoms. The predicted molar refractivity (Wildman–Crippen MR) is 86.9 cm³/mol. The second-order valence-electron chi connectivity index (χ2n) is 6.08. The molecule has 0 saturated carbocycles. The first-order valence-corrected chi connectivity index (χ1v) is 8.98. The molecular formula is C16H21N3O3S. The smallest absolute Gasteiger partial charge is 0.246 e. The van der Waals surface area contributed by atoms with Crippen molar-refractivity contribution >= 4 is 10.0 Å². The van der Waals surface area contributed by atoms with Gasteiger partial charge in [-0.3, -0.25) is 4.68 Å². The van der Waals surface area contributed by atoms with E-state index in [0.29, 0.717) is 24.8 Å². The molecule has 0 radical (unpaired) electrons. The molecule has 124 valence electrons. The number of nitrogens with zero attached hydrogens (tertiary/aromatic N) is 3. The first kappa shape index (κ1) is 16.0. The van der Waals surface area contributed by atoms with Crippen molar-refractivity contribution < 1.29 is 13.2 Å². The first-order chi connectivity index (χ1) is 10.9. The van der Waals surface area contributed by atoms with Crippen LogP contribution in [0.25, 0.3) is 0 Å². The molecule has 0 N–H and O–H groups in total. The molecule has 0 spiro atoms. The quantitative estimate of drug-likeness (QED) is 0.836. The van der Waals surface area contributed by atoms with Gasteiger partial charge in [-0.15, -0.1) is 0 Å². The zero-order chi connectivity index (χ0) is 16.6. The van der Waals surface area contributed by atoms with Gasteiger partial charge in [0.1, 0.15) is 10.6 Å². The van der Waals surface area contributed by atoms with Gasteiger partial charge in [-0.2, -0.15) is 9.40 Å². The molecule has 1 saturated heterocycles. The summed E-state index contributed by atoms with van der Waals surface area (Å²) >= 11 is 0. The van der Waals surface area contributed by atoms with Crippen molar-refractivity contribution in [2.24, 2.45) is 5.92 Å². The minimum Gasteiger partial charge on any atom is -0.495 e. The lowest BCUT2D eigenvalue weighted by Crippen LogP contribution is -2.51. The van der Waals surface area contributed by atoms with Crippen LogP contribution < -0.4 is 4.74 Å². The van der Waals surface area contributed by atoms with E-state index in [-0.39, 0.29) is 4.90 Å². The van der Waals surface area contributed by atoms with Gasteiger partial charge in [-0.1, -0.05) is 6.07 Å². The lowest BCUT2D eigenvalue weighted by Gasteiger charge is -2.38. The van der Waals surface area contributed by atoms with Gasteiger partial charge in [-0.25, -0.2) is 8.42 Å². The third-order valence-electron chi connectivity index (χ3n) is 4.07. The Kier molecular flexibility index (Phi) is 4.16. The van der Waals surface area contributed by atoms with E-state index >= 15 is 0 Å². The zero-order valence-corrected chi connectivity index (χ0v) is 14.4. The number of hydrogen-bond acceptors (Lipinski definition) is 4. The Morgan fingerprint density at radius 2 is 2.00 bits per heavy atom. The fourth-order valence-electron chi connectivity index (χ4n) is 2.79. The van der Waals surface area contributed by atoms with Crippen LogP contribution in [0.15, 0.2) is 35.5 Å². The highest BCUT2D eigenvalue weighted by molar-refractivity contribution is 7.89. The van der Waals surface area contributed by atoms with Crippen LogP contribution in [0.1, 0.15) is 11.1 Å². The van der Waals surface area contributed by atoms with Crippen LogP contribution in [0.2, 0.25) is 0 Å². The first-order valence-electron chi connectivity index (χ1n) is 7.54. The molecule has 2 heterocycles. The van der Waals surface area contributed by atoms with E-state index in [1.165, 1.54) is 11.4 Å². The summed E-state index contributed by atoms with van der Waals surface area (Å²) in [5, 5.41) is 4.25. The van der Waals surface area contributed by atoms with E-state index in [1.807, 2.05) is 37.0 Å². The third kappa shape index (κ3) is 3.11. The fraction of sp³-hybridized carbons (Fsp3) is 0.438. The highest BCUT2D eigenvalue weighted by atomic mass is 32.2. The number of hydrogen-bond donors (Lipinski definition) is 0. The van der Waals surface area contributed by atoms with Crippen molar-refractivity contribution in [3.63, 3.8) is 0 Å². The highest BCUT2D eigenvalue weighted by Gasteiger charge is 2.38. The maximum Gasteiger partial charge on any atom is 0.246 e. The topological polar surface area (TPSA) is 64.4 Å². The summed E-state index contributed by atoms with van der Waals surface area (Å²) in [6.07, 6.45) is 3.78. The number of benzene rings is 1. The summed E-state index contributed by atoms with van der Waals surface area (Å²) in [5.41, 5.74) is 2.01. The normalized spacial score (nSPS) is 16.3. The van der Waals surface area contributed by atoms with Crippen LogP contribution in [-0.4, -0.2) is 42.7 Å². The maximum atomic E-state index is 12.8. The van der Waals surface area contributed by atoms with Gasteiger partial charge in [0.15, 0.2) is 0 Å². The second kappa shape index (κ2) is 5.98. The number of ether oxygens (including phenoxy) is 1. The minimum absolute atomic E-state index is 0.244. The standard InChI is InChI=1S/C16H21N3O3S/c1-12-4-5-15(22-3)16(6-12)23(20,21)19-10-14(11-19)9-18-8-13(2)7-17-18/h4-8,14H,9-11H2,1-3H3. The molecule has 1 fully saturated rings. The van der Waals surface area contributed by atoms with Crippen LogP contribution in [0.4, 0.5) is 0 Å². The van der Waals surface area contributed by atoms with Gasteiger partial charge in [0.25, 0.3) is 0 Å². The number of rotatable bonds is 5. The van der Waals surface area contributed by atoms with E-state index < -0.39 is 10.0 Å². The van der Waals surface area contributed by atoms with Crippen molar-refractivity contribution in [2.75, 3.05) is 20.2 Å². The monoisotopic (exact) mass is 335 g/mol. The molecule has 6 nitrogen and oxygen atoms in total. The van der Waals surface area contributed by atoms with Gasteiger partial charge < -0.3 is 4.74 Å². The van der Waals surface area contributed by atoms with E-state index in [1.54, 1.807) is 12.1 Å². The van der Waals surface area contributed by atoms with Crippen molar-refractivity contribution in [1.29, 1.82) is 0 Å². The van der Waals surface area contributed by atoms with E-state index in [4.69, 9.17) is 4.74 Å². The Bertz CT molecular complexity index is 808. The Labute approximate surface area is 136 Å². The summed E-state index contributed by atoms with van der Waals surface area (Å²) < 4.78 is 34.1. The second-order valence-corrected chi connectivity index (χ2v) is 7.99. The van der Waals surface area contributed by atoms with Gasteiger partial charge in [-0.05, 0) is 37.1 Å². The maximum absolute atomic E-state index is 12.8. The lowest BCUT2D eigenvalue weighted by atomic mass is 10.0. The lowest BCUT2D eigenvalue weighted by molar-refractivity contribution is 0.174. The fourth-order valence-corrected chi connectivity index (χ4v) is 4.62. The molecule has 1 aromatic heterocycles. The molecular weight excluding hydrogens is 314 g/mol. The van der Waals surface area contributed by atoms with E-state index in [0.717, 1.165) is 17.7 Å². The van der Waals surface area contributed by atoms with Crippen LogP contribution >= 0.6 is 0 Å². The highest BCUT2D eigenvalue weighted by Crippen LogP contribution is 2.32. The van der Waals surface area contributed by atoms with Crippen LogP contribution in [0, 0.1) is 19.8 Å². The summed E-state index contributed by atoms with van der Waals surface area (Å²) in [6, 6.07) is 5.21. The average Bonchev–Trinajstić information content (AvgIpc) is 2.87. The molecule has 3 rings (SSSR count). The Morgan fingerprint density at radius 3 is 2.61 bits per heavy atom. The average molecular weight is 335 g/mol. The van der Waals surface area contributed by atoms with Gasteiger partial charge >= 0.3 is 0 Å². The molecule has 0 bridgehead atoms. The van der Waals surface area contributed by atoms with Gasteiger partial charge in [0.2, 0.25) is 10.0 Å². The van der Waals surface area contributed by atoms with Crippen LogP contribution in [-0.2, 0) is 16.6 Å². The summed E-state index contributed by atoms with van der Waals surface area (Å²) in [7, 11) is -2.02. The summed E-state index contributed by atoms with van der Waals surface area (Å²) in [5.74, 6) is 0.682. The predicted octanol–water partition coefficient (Wildman–Crippen LogP) is 1.83. The van der Waals surface area contributed by atoms with Crippen molar-refractivity contribution in [1.82, 2.24) is 14.1 Å². The zero-order valence-electron chi connectivity index (χ0n) is 13.6. The van der Waals surface area contributed by atoms with Crippen molar-refractivity contribution in [2.45, 2.75) is 25.3 Å². The van der Waals surface area contributed by atoms with Gasteiger partial charge in [0.05, 0.1) is 13.3 Å². The Hall–Kier alpha value is -1.86. The number of aromatic nitrogens is 2. The molecule has 2 aromatic rings. The van der Waals surface area contributed by atoms with E-state index in [2.05, 4.69) is 5.10 Å². The Balaban J connectivity index is 1.72. The minimum atomic E-state index is -3.51. The SMILES string of the molecule is COc1ccc(C)cc1S(=O)(=O)N1CC(Cn2cc(C)cn2)C1. The van der Waals surface area contributed by atoms with Crippen LogP contribution in [0.5, 0.6) is 5.75 Å². The molecule has 0 amide bonds. The van der Waals surface area contributed by atoms with Gasteiger partial charge in [0, 0.05) is 31.7 Å². The number of aryl methyl sites for hydroxylation is 2. The number of methoxy groups -OCH3 is 1. The largest absolute Gasteiger partial charge is 0.495 e. The molecule has 0 unspecified atom stereocenters. The molecule has 0 atom stereocenters. The number of sulfonamides is 1. The summed E-state index contributed by atoms with van der Waals surface area (Å²) in [4.78, 5) is 0.244. The van der Waals surface area contributed by atoms with Crippen molar-refractivity contribution in [3.05, 3.63) is 41.7 Å². The molecule has 1 aromatic carbocycles. The van der Waals surface area contributed by atoms with E-state index in [9.17, 15) is 8.42 Å². The third-order valence-corrected chi connectivity index (χ3v) is 5.92. The van der Waals surface area contributed by atoms with Crippen LogP contribution in [0.3, 0.4) is 0 Å². The van der Waals surface area contributed by atoms with Crippen molar-refractivity contribution in [3.8, 4) is 5.75 Å². The molecule has 23 heavy (non-hydrogen) atoms. The molecule has 1 aliphatic heterocycles. The molecule has 0 aliphatic carbocycles.